The molecule has 0 aromatic heterocycles. The van der Waals surface area contributed by atoms with Gasteiger partial charge in [0.25, 0.3) is 0 Å². The SMILES string of the molecule is Cc1cc(C(=O)O)ccc1NC(=O)NC(C)(C)CC(N)=O. The third-order valence-corrected chi connectivity index (χ3v) is 2.79. The van der Waals surface area contributed by atoms with Gasteiger partial charge in [0.05, 0.1) is 5.56 Å². The molecule has 0 aliphatic carbocycles. The lowest BCUT2D eigenvalue weighted by Crippen LogP contribution is -2.47. The Bertz CT molecular complexity index is 582. The van der Waals surface area contributed by atoms with Crippen molar-refractivity contribution in [3.05, 3.63) is 29.3 Å². The molecular formula is C14H19N3O4. The number of nitrogens with two attached hydrogens (primary N) is 1. The fraction of sp³-hybridized carbons (Fsp3) is 0.357. The maximum absolute atomic E-state index is 11.9. The fourth-order valence-corrected chi connectivity index (χ4v) is 1.88. The van der Waals surface area contributed by atoms with Crippen LogP contribution in [0.3, 0.4) is 0 Å². The minimum absolute atomic E-state index is 0.0113. The van der Waals surface area contributed by atoms with Gasteiger partial charge in [0.1, 0.15) is 0 Å². The summed E-state index contributed by atoms with van der Waals surface area (Å²) in [7, 11) is 0. The van der Waals surface area contributed by atoms with Gasteiger partial charge < -0.3 is 21.5 Å². The lowest BCUT2D eigenvalue weighted by atomic mass is 10.0. The smallest absolute Gasteiger partial charge is 0.335 e. The molecule has 0 aliphatic heterocycles. The zero-order valence-corrected chi connectivity index (χ0v) is 12.2. The summed E-state index contributed by atoms with van der Waals surface area (Å²) in [5, 5.41) is 14.1. The summed E-state index contributed by atoms with van der Waals surface area (Å²) in [6.45, 7) is 5.05. The predicted octanol–water partition coefficient (Wildman–Crippen LogP) is 1.47. The van der Waals surface area contributed by atoms with Gasteiger partial charge in [-0.1, -0.05) is 0 Å². The Morgan fingerprint density at radius 3 is 2.38 bits per heavy atom. The number of aromatic carboxylic acids is 1. The number of rotatable bonds is 5. The van der Waals surface area contributed by atoms with E-state index in [1.807, 2.05) is 0 Å². The zero-order valence-electron chi connectivity index (χ0n) is 12.2. The molecule has 0 heterocycles. The van der Waals surface area contributed by atoms with E-state index in [9.17, 15) is 14.4 Å². The second kappa shape index (κ2) is 6.25. The Kier molecular flexibility index (Phi) is 4.91. The molecule has 0 fully saturated rings. The van der Waals surface area contributed by atoms with Crippen molar-refractivity contribution in [2.45, 2.75) is 32.7 Å². The molecule has 3 amide bonds. The molecule has 0 saturated heterocycles. The summed E-state index contributed by atoms with van der Waals surface area (Å²) in [5.41, 5.74) is 5.60. The Morgan fingerprint density at radius 2 is 1.90 bits per heavy atom. The molecule has 1 aromatic carbocycles. The van der Waals surface area contributed by atoms with Crippen LogP contribution in [0.5, 0.6) is 0 Å². The first kappa shape index (κ1) is 16.5. The molecule has 5 N–H and O–H groups in total. The summed E-state index contributed by atoms with van der Waals surface area (Å²) in [4.78, 5) is 33.6. The number of hydrogen-bond acceptors (Lipinski definition) is 3. The second-order valence-electron chi connectivity index (χ2n) is 5.44. The summed E-state index contributed by atoms with van der Waals surface area (Å²) < 4.78 is 0. The van der Waals surface area contributed by atoms with Gasteiger partial charge in [-0.3, -0.25) is 4.79 Å². The van der Waals surface area contributed by atoms with E-state index in [0.717, 1.165) is 0 Å². The number of carboxylic acids is 1. The van der Waals surface area contributed by atoms with Crippen LogP contribution in [0.25, 0.3) is 0 Å². The molecule has 0 atom stereocenters. The van der Waals surface area contributed by atoms with Gasteiger partial charge >= 0.3 is 12.0 Å². The van der Waals surface area contributed by atoms with Crippen molar-refractivity contribution in [2.24, 2.45) is 5.73 Å². The van der Waals surface area contributed by atoms with Gasteiger partial charge in [-0.05, 0) is 44.5 Å². The molecule has 0 spiro atoms. The maximum Gasteiger partial charge on any atom is 0.335 e. The van der Waals surface area contributed by atoms with E-state index in [4.69, 9.17) is 10.8 Å². The van der Waals surface area contributed by atoms with Gasteiger partial charge in [0.15, 0.2) is 0 Å². The number of carbonyl (C=O) groups excluding carboxylic acids is 2. The largest absolute Gasteiger partial charge is 0.478 e. The van der Waals surface area contributed by atoms with Crippen LogP contribution in [0.1, 0.15) is 36.2 Å². The highest BCUT2D eigenvalue weighted by Gasteiger charge is 2.23. The minimum atomic E-state index is -1.03. The summed E-state index contributed by atoms with van der Waals surface area (Å²) in [6, 6.07) is 3.89. The van der Waals surface area contributed by atoms with Crippen LogP contribution in [-0.4, -0.2) is 28.6 Å². The number of primary amides is 1. The number of carboxylic acid groups (broad SMARTS) is 1. The number of benzene rings is 1. The zero-order chi connectivity index (χ0) is 16.2. The van der Waals surface area contributed by atoms with Gasteiger partial charge in [0.2, 0.25) is 5.91 Å². The Labute approximate surface area is 122 Å². The van der Waals surface area contributed by atoms with Gasteiger partial charge in [-0.2, -0.15) is 0 Å². The molecule has 0 radical (unpaired) electrons. The van der Waals surface area contributed by atoms with E-state index >= 15 is 0 Å². The third kappa shape index (κ3) is 5.13. The average molecular weight is 293 g/mol. The highest BCUT2D eigenvalue weighted by molar-refractivity contribution is 5.93. The first-order valence-corrected chi connectivity index (χ1v) is 6.32. The Morgan fingerprint density at radius 1 is 1.29 bits per heavy atom. The van der Waals surface area contributed by atoms with E-state index in [2.05, 4.69) is 10.6 Å². The summed E-state index contributed by atoms with van der Waals surface area (Å²) in [5.74, 6) is -1.54. The van der Waals surface area contributed by atoms with E-state index in [1.165, 1.54) is 18.2 Å². The molecule has 1 aromatic rings. The van der Waals surface area contributed by atoms with Crippen molar-refractivity contribution in [1.82, 2.24) is 5.32 Å². The van der Waals surface area contributed by atoms with Crippen LogP contribution in [0.15, 0.2) is 18.2 Å². The maximum atomic E-state index is 11.9. The topological polar surface area (TPSA) is 122 Å². The van der Waals surface area contributed by atoms with Crippen molar-refractivity contribution in [3.8, 4) is 0 Å². The molecular weight excluding hydrogens is 274 g/mol. The van der Waals surface area contributed by atoms with E-state index < -0.39 is 23.4 Å². The summed E-state index contributed by atoms with van der Waals surface area (Å²) >= 11 is 0. The van der Waals surface area contributed by atoms with Gasteiger partial charge in [-0.15, -0.1) is 0 Å². The molecule has 21 heavy (non-hydrogen) atoms. The molecule has 0 aliphatic rings. The summed E-state index contributed by atoms with van der Waals surface area (Å²) in [6.07, 6.45) is 0.0113. The van der Waals surface area contributed by atoms with Crippen LogP contribution in [0, 0.1) is 6.92 Å². The van der Waals surface area contributed by atoms with Crippen molar-refractivity contribution in [2.75, 3.05) is 5.32 Å². The molecule has 0 saturated carbocycles. The highest BCUT2D eigenvalue weighted by Crippen LogP contribution is 2.17. The number of aryl methyl sites for hydroxylation is 1. The number of urea groups is 1. The van der Waals surface area contributed by atoms with Crippen molar-refractivity contribution < 1.29 is 19.5 Å². The molecule has 1 rings (SSSR count). The van der Waals surface area contributed by atoms with E-state index in [-0.39, 0.29) is 12.0 Å². The quantitative estimate of drug-likeness (QED) is 0.656. The van der Waals surface area contributed by atoms with Crippen LogP contribution in [-0.2, 0) is 4.79 Å². The molecule has 0 bridgehead atoms. The van der Waals surface area contributed by atoms with E-state index in [1.54, 1.807) is 20.8 Å². The first-order valence-electron chi connectivity index (χ1n) is 6.32. The number of anilines is 1. The Hall–Kier alpha value is -2.57. The first-order chi connectivity index (χ1) is 9.60. The monoisotopic (exact) mass is 293 g/mol. The van der Waals surface area contributed by atoms with Crippen LogP contribution in [0.4, 0.5) is 10.5 Å². The van der Waals surface area contributed by atoms with Gasteiger partial charge in [0, 0.05) is 17.6 Å². The molecule has 7 heteroatoms. The van der Waals surface area contributed by atoms with Gasteiger partial charge in [-0.25, -0.2) is 9.59 Å². The highest BCUT2D eigenvalue weighted by atomic mass is 16.4. The van der Waals surface area contributed by atoms with E-state index in [0.29, 0.717) is 11.3 Å². The number of carbonyl (C=O) groups is 3. The predicted molar refractivity (Wildman–Crippen MR) is 78.2 cm³/mol. The van der Waals surface area contributed by atoms with Crippen LogP contribution < -0.4 is 16.4 Å². The van der Waals surface area contributed by atoms with Crippen LogP contribution in [0.2, 0.25) is 0 Å². The number of amides is 3. The third-order valence-electron chi connectivity index (χ3n) is 2.79. The average Bonchev–Trinajstić information content (AvgIpc) is 2.28. The fourth-order valence-electron chi connectivity index (χ4n) is 1.88. The minimum Gasteiger partial charge on any atom is -0.478 e. The number of hydrogen-bond donors (Lipinski definition) is 4. The molecule has 0 unspecified atom stereocenters. The second-order valence-corrected chi connectivity index (χ2v) is 5.44. The van der Waals surface area contributed by atoms with Crippen molar-refractivity contribution in [3.63, 3.8) is 0 Å². The lowest BCUT2D eigenvalue weighted by molar-refractivity contribution is -0.119. The normalized spacial score (nSPS) is 10.8. The van der Waals surface area contributed by atoms with Crippen LogP contribution >= 0.6 is 0 Å². The molecule has 114 valence electrons. The van der Waals surface area contributed by atoms with Crippen molar-refractivity contribution in [1.29, 1.82) is 0 Å². The standard InChI is InChI=1S/C14H19N3O4/c1-8-6-9(12(19)20)4-5-10(8)16-13(21)17-14(2,3)7-11(15)18/h4-6H,7H2,1-3H3,(H2,15,18)(H,19,20)(H2,16,17,21). The van der Waals surface area contributed by atoms with Crippen molar-refractivity contribution >= 4 is 23.6 Å². The molecule has 7 nitrogen and oxygen atoms in total. The Balaban J connectivity index is 2.75. The number of nitrogens with one attached hydrogen (secondary N) is 2. The lowest BCUT2D eigenvalue weighted by Gasteiger charge is -2.25.